The summed E-state index contributed by atoms with van der Waals surface area (Å²) in [6, 6.07) is 6.07. The number of hydrogen-bond donors (Lipinski definition) is 2. The third-order valence-electron chi connectivity index (χ3n) is 4.27. The molecule has 0 spiro atoms. The molecule has 134 valence electrons. The number of rotatable bonds is 7. The molecular weight excluding hydrogens is 326 g/mol. The van der Waals surface area contributed by atoms with Crippen molar-refractivity contribution in [2.45, 2.75) is 26.3 Å². The van der Waals surface area contributed by atoms with Crippen molar-refractivity contribution in [2.75, 3.05) is 32.7 Å². The molecule has 2 rings (SSSR count). The first-order valence-corrected chi connectivity index (χ1v) is 10.1. The zero-order valence-corrected chi connectivity index (χ0v) is 15.7. The van der Waals surface area contributed by atoms with Crippen LogP contribution in [-0.4, -0.2) is 47.1 Å². The lowest BCUT2D eigenvalue weighted by Crippen LogP contribution is -2.41. The van der Waals surface area contributed by atoms with E-state index in [0.717, 1.165) is 29.7 Å². The minimum absolute atomic E-state index is 0.132. The van der Waals surface area contributed by atoms with Gasteiger partial charge in [0.25, 0.3) is 0 Å². The Labute approximate surface area is 144 Å². The van der Waals surface area contributed by atoms with Crippen LogP contribution in [0.5, 0.6) is 5.75 Å². The van der Waals surface area contributed by atoms with Crippen LogP contribution in [-0.2, 0) is 16.4 Å². The van der Waals surface area contributed by atoms with E-state index >= 15 is 0 Å². The van der Waals surface area contributed by atoms with Crippen LogP contribution in [0.4, 0.5) is 0 Å². The van der Waals surface area contributed by atoms with Gasteiger partial charge in [0.2, 0.25) is 0 Å². The lowest BCUT2D eigenvalue weighted by atomic mass is 10.1. The molecule has 1 aliphatic rings. The summed E-state index contributed by atoms with van der Waals surface area (Å²) in [5.74, 6) is 1.74. The molecule has 6 nitrogen and oxygen atoms in total. The average molecular weight is 353 g/mol. The minimum atomic E-state index is -2.96. The van der Waals surface area contributed by atoms with Gasteiger partial charge in [0.15, 0.2) is 5.96 Å². The summed E-state index contributed by atoms with van der Waals surface area (Å²) < 4.78 is 28.4. The van der Waals surface area contributed by atoms with E-state index in [4.69, 9.17) is 4.74 Å². The largest absolute Gasteiger partial charge is 0.496 e. The Kier molecular flexibility index (Phi) is 5.74. The molecule has 0 bridgehead atoms. The molecule has 0 aliphatic heterocycles. The van der Waals surface area contributed by atoms with Gasteiger partial charge in [-0.3, -0.25) is 4.99 Å². The molecule has 0 atom stereocenters. The Morgan fingerprint density at radius 3 is 2.58 bits per heavy atom. The van der Waals surface area contributed by atoms with Crippen molar-refractivity contribution in [2.24, 2.45) is 10.4 Å². The minimum Gasteiger partial charge on any atom is -0.496 e. The number of sulfone groups is 1. The molecule has 1 fully saturated rings. The molecule has 1 saturated carbocycles. The molecule has 0 unspecified atom stereocenters. The van der Waals surface area contributed by atoms with Crippen LogP contribution in [0, 0.1) is 12.3 Å². The quantitative estimate of drug-likeness (QED) is 0.573. The predicted molar refractivity (Wildman–Crippen MR) is 97.3 cm³/mol. The Hall–Kier alpha value is -1.76. The SMILES string of the molecule is CN=C(NCc1ccc(C)cc1OC)NCC1(CS(C)(=O)=O)CC1. The van der Waals surface area contributed by atoms with Crippen molar-refractivity contribution in [1.82, 2.24) is 10.6 Å². The Morgan fingerprint density at radius 1 is 1.33 bits per heavy atom. The Bertz CT molecular complexity index is 710. The van der Waals surface area contributed by atoms with Crippen LogP contribution in [0.3, 0.4) is 0 Å². The molecule has 0 heterocycles. The van der Waals surface area contributed by atoms with Crippen molar-refractivity contribution < 1.29 is 13.2 Å². The van der Waals surface area contributed by atoms with Gasteiger partial charge in [0.1, 0.15) is 15.6 Å². The normalized spacial score (nSPS) is 16.6. The van der Waals surface area contributed by atoms with Gasteiger partial charge < -0.3 is 15.4 Å². The zero-order valence-electron chi connectivity index (χ0n) is 14.8. The van der Waals surface area contributed by atoms with E-state index in [2.05, 4.69) is 15.6 Å². The summed E-state index contributed by atoms with van der Waals surface area (Å²) in [4.78, 5) is 4.21. The lowest BCUT2D eigenvalue weighted by molar-refractivity contribution is 0.408. The first-order valence-electron chi connectivity index (χ1n) is 8.03. The Balaban J connectivity index is 1.90. The van der Waals surface area contributed by atoms with Crippen molar-refractivity contribution >= 4 is 15.8 Å². The van der Waals surface area contributed by atoms with Gasteiger partial charge in [-0.15, -0.1) is 0 Å². The number of aryl methyl sites for hydroxylation is 1. The topological polar surface area (TPSA) is 79.8 Å². The van der Waals surface area contributed by atoms with E-state index in [0.29, 0.717) is 19.0 Å². The zero-order chi connectivity index (χ0) is 17.8. The first kappa shape index (κ1) is 18.6. The highest BCUT2D eigenvalue weighted by Crippen LogP contribution is 2.45. The van der Waals surface area contributed by atoms with Crippen molar-refractivity contribution in [3.63, 3.8) is 0 Å². The average Bonchev–Trinajstić information content (AvgIpc) is 3.26. The second-order valence-electron chi connectivity index (χ2n) is 6.66. The van der Waals surface area contributed by atoms with Gasteiger partial charge in [-0.25, -0.2) is 8.42 Å². The van der Waals surface area contributed by atoms with Gasteiger partial charge in [-0.1, -0.05) is 12.1 Å². The highest BCUT2D eigenvalue weighted by atomic mass is 32.2. The first-order chi connectivity index (χ1) is 11.3. The molecule has 1 aliphatic carbocycles. The Morgan fingerprint density at radius 2 is 2.04 bits per heavy atom. The molecule has 0 saturated heterocycles. The molecule has 7 heteroatoms. The van der Waals surface area contributed by atoms with Crippen LogP contribution in [0.2, 0.25) is 0 Å². The van der Waals surface area contributed by atoms with Gasteiger partial charge in [0.05, 0.1) is 12.9 Å². The summed E-state index contributed by atoms with van der Waals surface area (Å²) >= 11 is 0. The monoisotopic (exact) mass is 353 g/mol. The number of methoxy groups -OCH3 is 1. The van der Waals surface area contributed by atoms with Crippen LogP contribution in [0.1, 0.15) is 24.0 Å². The molecule has 1 aromatic rings. The van der Waals surface area contributed by atoms with E-state index in [9.17, 15) is 8.42 Å². The van der Waals surface area contributed by atoms with Crippen molar-refractivity contribution in [3.05, 3.63) is 29.3 Å². The summed E-state index contributed by atoms with van der Waals surface area (Å²) in [6.45, 7) is 3.23. The van der Waals surface area contributed by atoms with Gasteiger partial charge in [-0.05, 0) is 31.4 Å². The standard InChI is InChI=1S/C17H27N3O3S/c1-13-5-6-14(15(9-13)23-3)10-19-16(18-2)20-11-17(7-8-17)12-24(4,21)22/h5-6,9H,7-8,10-12H2,1-4H3,(H2,18,19,20). The van der Waals surface area contributed by atoms with E-state index in [1.54, 1.807) is 14.2 Å². The smallest absolute Gasteiger partial charge is 0.191 e. The fraction of sp³-hybridized carbons (Fsp3) is 0.588. The van der Waals surface area contributed by atoms with E-state index in [1.807, 2.05) is 25.1 Å². The summed E-state index contributed by atoms with van der Waals surface area (Å²) in [6.07, 6.45) is 3.18. The van der Waals surface area contributed by atoms with Gasteiger partial charge in [-0.2, -0.15) is 0 Å². The third kappa shape index (κ3) is 5.40. The number of benzene rings is 1. The molecule has 2 N–H and O–H groups in total. The van der Waals surface area contributed by atoms with E-state index in [-0.39, 0.29) is 11.2 Å². The second-order valence-corrected chi connectivity index (χ2v) is 8.80. The molecular formula is C17H27N3O3S. The van der Waals surface area contributed by atoms with Crippen LogP contribution in [0.15, 0.2) is 23.2 Å². The maximum atomic E-state index is 11.5. The molecule has 0 aromatic heterocycles. The molecule has 24 heavy (non-hydrogen) atoms. The number of hydrogen-bond acceptors (Lipinski definition) is 4. The fourth-order valence-electron chi connectivity index (χ4n) is 2.77. The number of ether oxygens (including phenoxy) is 1. The fourth-order valence-corrected chi connectivity index (χ4v) is 4.28. The summed E-state index contributed by atoms with van der Waals surface area (Å²) in [5.41, 5.74) is 2.06. The number of nitrogens with one attached hydrogen (secondary N) is 2. The molecule has 0 amide bonds. The van der Waals surface area contributed by atoms with E-state index < -0.39 is 9.84 Å². The number of nitrogens with zero attached hydrogens (tertiary/aromatic N) is 1. The van der Waals surface area contributed by atoms with Gasteiger partial charge in [0, 0.05) is 37.4 Å². The predicted octanol–water partition coefficient (Wildman–Crippen LogP) is 1.49. The van der Waals surface area contributed by atoms with Gasteiger partial charge >= 0.3 is 0 Å². The van der Waals surface area contributed by atoms with Crippen LogP contribution in [0.25, 0.3) is 0 Å². The van der Waals surface area contributed by atoms with Crippen molar-refractivity contribution in [1.29, 1.82) is 0 Å². The van der Waals surface area contributed by atoms with Crippen LogP contribution >= 0.6 is 0 Å². The van der Waals surface area contributed by atoms with Crippen molar-refractivity contribution in [3.8, 4) is 5.75 Å². The third-order valence-corrected chi connectivity index (χ3v) is 5.41. The van der Waals surface area contributed by atoms with E-state index in [1.165, 1.54) is 6.26 Å². The number of aliphatic imine (C=N–C) groups is 1. The highest BCUT2D eigenvalue weighted by molar-refractivity contribution is 7.90. The maximum Gasteiger partial charge on any atom is 0.191 e. The summed E-state index contributed by atoms with van der Waals surface area (Å²) in [7, 11) is 0.407. The van der Waals surface area contributed by atoms with Crippen LogP contribution < -0.4 is 15.4 Å². The molecule has 0 radical (unpaired) electrons. The highest BCUT2D eigenvalue weighted by Gasteiger charge is 2.45. The maximum absolute atomic E-state index is 11.5. The number of guanidine groups is 1. The second kappa shape index (κ2) is 7.42. The molecule has 1 aromatic carbocycles. The lowest BCUT2D eigenvalue weighted by Gasteiger charge is -2.18. The summed E-state index contributed by atoms with van der Waals surface area (Å²) in [5, 5.41) is 6.50.